The van der Waals surface area contributed by atoms with Crippen molar-refractivity contribution in [3.05, 3.63) is 45.7 Å². The van der Waals surface area contributed by atoms with Crippen LogP contribution in [0.3, 0.4) is 0 Å². The number of benzene rings is 1. The Hall–Kier alpha value is -0.640. The van der Waals surface area contributed by atoms with Gasteiger partial charge in [0.05, 0.1) is 0 Å². The molecular formula is C13H14BrNS. The first-order valence-electron chi connectivity index (χ1n) is 5.25. The van der Waals surface area contributed by atoms with E-state index >= 15 is 0 Å². The molecule has 0 spiro atoms. The van der Waals surface area contributed by atoms with Crippen LogP contribution in [0.5, 0.6) is 0 Å². The molecule has 0 fully saturated rings. The minimum absolute atomic E-state index is 0.437. The fourth-order valence-corrected chi connectivity index (χ4v) is 3.25. The lowest BCUT2D eigenvalue weighted by Crippen LogP contribution is -2.07. The Morgan fingerprint density at radius 2 is 2.12 bits per heavy atom. The predicted molar refractivity (Wildman–Crippen MR) is 74.9 cm³/mol. The highest BCUT2D eigenvalue weighted by molar-refractivity contribution is 9.10. The van der Waals surface area contributed by atoms with E-state index in [0.717, 1.165) is 4.47 Å². The normalized spacial score (nSPS) is 12.7. The standard InChI is InChI=1S/C13H14BrNS/c1-9(7-15)10-6-13(16-8-10)11-4-2-3-5-12(11)14/h2-6,8-9H,7,15H2,1H3. The van der Waals surface area contributed by atoms with Crippen LogP contribution in [-0.4, -0.2) is 6.54 Å². The summed E-state index contributed by atoms with van der Waals surface area (Å²) in [5, 5.41) is 2.20. The van der Waals surface area contributed by atoms with E-state index < -0.39 is 0 Å². The van der Waals surface area contributed by atoms with Crippen LogP contribution in [0, 0.1) is 0 Å². The molecule has 84 valence electrons. The number of nitrogens with two attached hydrogens (primary N) is 1. The van der Waals surface area contributed by atoms with E-state index in [0.29, 0.717) is 12.5 Å². The Morgan fingerprint density at radius 1 is 1.38 bits per heavy atom. The summed E-state index contributed by atoms with van der Waals surface area (Å²) in [7, 11) is 0. The molecule has 1 unspecified atom stereocenters. The Balaban J connectivity index is 2.35. The van der Waals surface area contributed by atoms with Gasteiger partial charge in [-0.05, 0) is 35.5 Å². The molecule has 2 N–H and O–H groups in total. The lowest BCUT2D eigenvalue weighted by molar-refractivity contribution is 0.778. The van der Waals surface area contributed by atoms with Crippen molar-refractivity contribution in [2.24, 2.45) is 5.73 Å². The largest absolute Gasteiger partial charge is 0.330 e. The van der Waals surface area contributed by atoms with Crippen molar-refractivity contribution in [1.29, 1.82) is 0 Å². The number of thiophene rings is 1. The molecule has 1 aromatic carbocycles. The maximum absolute atomic E-state index is 5.68. The third-order valence-electron chi connectivity index (χ3n) is 2.68. The molecular weight excluding hydrogens is 282 g/mol. The van der Waals surface area contributed by atoms with Gasteiger partial charge in [0.15, 0.2) is 0 Å². The molecule has 0 radical (unpaired) electrons. The van der Waals surface area contributed by atoms with E-state index in [-0.39, 0.29) is 0 Å². The number of hydrogen-bond acceptors (Lipinski definition) is 2. The van der Waals surface area contributed by atoms with E-state index in [2.05, 4.69) is 52.5 Å². The molecule has 3 heteroatoms. The van der Waals surface area contributed by atoms with Gasteiger partial charge in [-0.15, -0.1) is 11.3 Å². The summed E-state index contributed by atoms with van der Waals surface area (Å²) in [6, 6.07) is 10.5. The highest BCUT2D eigenvalue weighted by Gasteiger charge is 2.09. The maximum atomic E-state index is 5.68. The Morgan fingerprint density at radius 3 is 2.81 bits per heavy atom. The average Bonchev–Trinajstić information content (AvgIpc) is 2.78. The topological polar surface area (TPSA) is 26.0 Å². The highest BCUT2D eigenvalue weighted by atomic mass is 79.9. The van der Waals surface area contributed by atoms with Gasteiger partial charge < -0.3 is 5.73 Å². The minimum Gasteiger partial charge on any atom is -0.330 e. The summed E-state index contributed by atoms with van der Waals surface area (Å²) in [6.07, 6.45) is 0. The zero-order valence-electron chi connectivity index (χ0n) is 9.11. The van der Waals surface area contributed by atoms with Gasteiger partial charge >= 0.3 is 0 Å². The molecule has 0 aliphatic heterocycles. The van der Waals surface area contributed by atoms with Gasteiger partial charge in [0.1, 0.15) is 0 Å². The Kier molecular flexibility index (Phi) is 3.79. The number of hydrogen-bond donors (Lipinski definition) is 1. The summed E-state index contributed by atoms with van der Waals surface area (Å²) in [5.74, 6) is 0.437. The molecule has 1 aromatic heterocycles. The van der Waals surface area contributed by atoms with Crippen molar-refractivity contribution in [1.82, 2.24) is 0 Å². The van der Waals surface area contributed by atoms with Crippen LogP contribution in [0.4, 0.5) is 0 Å². The molecule has 1 heterocycles. The Bertz CT molecular complexity index is 478. The van der Waals surface area contributed by atoms with Gasteiger partial charge in [-0.2, -0.15) is 0 Å². The lowest BCUT2D eigenvalue weighted by Gasteiger charge is -2.04. The second kappa shape index (κ2) is 5.13. The molecule has 0 aliphatic carbocycles. The number of halogens is 1. The van der Waals surface area contributed by atoms with Crippen LogP contribution in [0.15, 0.2) is 40.2 Å². The van der Waals surface area contributed by atoms with Crippen molar-refractivity contribution in [3.8, 4) is 10.4 Å². The van der Waals surface area contributed by atoms with E-state index in [9.17, 15) is 0 Å². The van der Waals surface area contributed by atoms with Crippen LogP contribution in [0.25, 0.3) is 10.4 Å². The van der Waals surface area contributed by atoms with Crippen LogP contribution in [0.1, 0.15) is 18.4 Å². The first kappa shape index (κ1) is 11.8. The zero-order valence-corrected chi connectivity index (χ0v) is 11.5. The second-order valence-corrected chi connectivity index (χ2v) is 5.63. The van der Waals surface area contributed by atoms with E-state index in [4.69, 9.17) is 5.73 Å². The van der Waals surface area contributed by atoms with Crippen LogP contribution >= 0.6 is 27.3 Å². The van der Waals surface area contributed by atoms with Crippen LogP contribution < -0.4 is 5.73 Å². The van der Waals surface area contributed by atoms with E-state index in [1.807, 2.05) is 6.07 Å². The Labute approximate surface area is 108 Å². The quantitative estimate of drug-likeness (QED) is 0.900. The number of rotatable bonds is 3. The molecule has 0 saturated carbocycles. The molecule has 0 bridgehead atoms. The van der Waals surface area contributed by atoms with Crippen LogP contribution in [-0.2, 0) is 0 Å². The third kappa shape index (κ3) is 2.37. The molecule has 2 rings (SSSR count). The summed E-state index contributed by atoms with van der Waals surface area (Å²) < 4.78 is 1.14. The van der Waals surface area contributed by atoms with Crippen LogP contribution in [0.2, 0.25) is 0 Å². The fraction of sp³-hybridized carbons (Fsp3) is 0.231. The van der Waals surface area contributed by atoms with Crippen molar-refractivity contribution in [3.63, 3.8) is 0 Å². The minimum atomic E-state index is 0.437. The van der Waals surface area contributed by atoms with Gasteiger partial charge in [0.2, 0.25) is 0 Å². The smallest absolute Gasteiger partial charge is 0.0356 e. The van der Waals surface area contributed by atoms with Gasteiger partial charge in [0.25, 0.3) is 0 Å². The summed E-state index contributed by atoms with van der Waals surface area (Å²) in [4.78, 5) is 1.29. The van der Waals surface area contributed by atoms with Crippen molar-refractivity contribution in [2.45, 2.75) is 12.8 Å². The summed E-state index contributed by atoms with van der Waals surface area (Å²) >= 11 is 5.35. The maximum Gasteiger partial charge on any atom is 0.0356 e. The molecule has 1 nitrogen and oxygen atoms in total. The first-order valence-corrected chi connectivity index (χ1v) is 6.93. The highest BCUT2D eigenvalue weighted by Crippen LogP contribution is 2.34. The van der Waals surface area contributed by atoms with Gasteiger partial charge in [-0.25, -0.2) is 0 Å². The zero-order chi connectivity index (χ0) is 11.5. The second-order valence-electron chi connectivity index (χ2n) is 3.86. The molecule has 1 atom stereocenters. The van der Waals surface area contributed by atoms with Gasteiger partial charge in [0, 0.05) is 14.9 Å². The third-order valence-corrected chi connectivity index (χ3v) is 4.35. The molecule has 16 heavy (non-hydrogen) atoms. The molecule has 2 aromatic rings. The lowest BCUT2D eigenvalue weighted by atomic mass is 10.0. The van der Waals surface area contributed by atoms with E-state index in [1.54, 1.807) is 11.3 Å². The van der Waals surface area contributed by atoms with E-state index in [1.165, 1.54) is 16.0 Å². The monoisotopic (exact) mass is 295 g/mol. The molecule has 0 saturated heterocycles. The molecule has 0 aliphatic rings. The molecule has 0 amide bonds. The van der Waals surface area contributed by atoms with Gasteiger partial charge in [-0.1, -0.05) is 41.1 Å². The summed E-state index contributed by atoms with van der Waals surface area (Å²) in [6.45, 7) is 2.86. The summed E-state index contributed by atoms with van der Waals surface area (Å²) in [5.41, 5.74) is 8.26. The average molecular weight is 296 g/mol. The van der Waals surface area contributed by atoms with Crippen molar-refractivity contribution < 1.29 is 0 Å². The van der Waals surface area contributed by atoms with Gasteiger partial charge in [-0.3, -0.25) is 0 Å². The SMILES string of the molecule is CC(CN)c1csc(-c2ccccc2Br)c1. The predicted octanol–water partition coefficient (Wildman–Crippen LogP) is 4.24. The first-order chi connectivity index (χ1) is 7.72. The fourth-order valence-electron chi connectivity index (χ4n) is 1.55. The van der Waals surface area contributed by atoms with Crippen molar-refractivity contribution in [2.75, 3.05) is 6.54 Å². The van der Waals surface area contributed by atoms with Crippen molar-refractivity contribution >= 4 is 27.3 Å².